The Morgan fingerprint density at radius 2 is 0.814 bits per heavy atom. The summed E-state index contributed by atoms with van der Waals surface area (Å²) in [5.41, 5.74) is 0. The molecule has 0 saturated carbocycles. The first-order chi connectivity index (χ1) is 34.0. The molecule has 1 fully saturated rings. The monoisotopic (exact) mass is 1020 g/mol. The Morgan fingerprint density at radius 3 is 1.19 bits per heavy atom. The van der Waals surface area contributed by atoms with E-state index in [4.69, 9.17) is 18.9 Å². The molecule has 4 N–H and O–H groups in total. The van der Waals surface area contributed by atoms with E-state index in [2.05, 4.69) is 26.0 Å². The summed E-state index contributed by atoms with van der Waals surface area (Å²) in [5.74, 6) is -1.96. The van der Waals surface area contributed by atoms with Gasteiger partial charge < -0.3 is 34.3 Å². The first-order valence-corrected chi connectivity index (χ1v) is 30.9. The molecule has 0 bridgehead atoms. The average molecular weight is 1020 g/mol. The van der Waals surface area contributed by atoms with Crippen LogP contribution in [0, 0.1) is 0 Å². The van der Waals surface area contributed by atoms with Crippen LogP contribution < -0.4 is 0 Å². The number of aliphatic hydroxyl groups is 3. The summed E-state index contributed by atoms with van der Waals surface area (Å²) in [7, 11) is -4.60. The fourth-order valence-corrected chi connectivity index (χ4v) is 10.0. The minimum atomic E-state index is -4.60. The van der Waals surface area contributed by atoms with E-state index in [0.717, 1.165) is 38.5 Å². The van der Waals surface area contributed by atoms with Crippen LogP contribution >= 0.6 is 0 Å². The largest absolute Gasteiger partial charge is 0.462 e. The van der Waals surface area contributed by atoms with Crippen molar-refractivity contribution in [1.29, 1.82) is 0 Å². The highest BCUT2D eigenvalue weighted by Crippen LogP contribution is 2.24. The van der Waals surface area contributed by atoms with Gasteiger partial charge in [0.05, 0.1) is 6.61 Å². The Kier molecular flexibility index (Phi) is 44.7. The summed E-state index contributed by atoms with van der Waals surface area (Å²) in [5, 5.41) is 31.1. The number of unbranched alkanes of at least 4 members (excludes halogenated alkanes) is 37. The predicted octanol–water partition coefficient (Wildman–Crippen LogP) is 14.1. The zero-order valence-corrected chi connectivity index (χ0v) is 45.7. The molecular weight excluding hydrogens is 909 g/mol. The molecule has 0 aromatic carbocycles. The molecule has 0 radical (unpaired) electrons. The number of rotatable bonds is 51. The van der Waals surface area contributed by atoms with Crippen LogP contribution in [0.5, 0.6) is 0 Å². The third kappa shape index (κ3) is 40.8. The highest BCUT2D eigenvalue weighted by atomic mass is 32.2. The van der Waals surface area contributed by atoms with Gasteiger partial charge in [0.1, 0.15) is 36.8 Å². The van der Waals surface area contributed by atoms with Crippen LogP contribution in [0.4, 0.5) is 0 Å². The molecule has 1 saturated heterocycles. The summed E-state index contributed by atoms with van der Waals surface area (Å²) in [6.45, 7) is 3.83. The lowest BCUT2D eigenvalue weighted by Gasteiger charge is -2.40. The maximum atomic E-state index is 12.9. The van der Waals surface area contributed by atoms with Gasteiger partial charge in [0.15, 0.2) is 12.4 Å². The van der Waals surface area contributed by atoms with E-state index in [-0.39, 0.29) is 19.4 Å². The van der Waals surface area contributed by atoms with Crippen molar-refractivity contribution in [3.05, 3.63) is 12.2 Å². The second-order valence-corrected chi connectivity index (χ2v) is 22.2. The number of hydrogen-bond acceptors (Lipinski definition) is 11. The van der Waals surface area contributed by atoms with Crippen LogP contribution in [-0.4, -0.2) is 96.0 Å². The minimum absolute atomic E-state index is 0.167. The van der Waals surface area contributed by atoms with Crippen LogP contribution in [-0.2, 0) is 38.7 Å². The molecule has 0 aliphatic carbocycles. The third-order valence-corrected chi connectivity index (χ3v) is 14.6. The summed E-state index contributed by atoms with van der Waals surface area (Å²) >= 11 is 0. The molecule has 70 heavy (non-hydrogen) atoms. The van der Waals surface area contributed by atoms with E-state index in [1.807, 2.05) is 0 Å². The second-order valence-electron chi connectivity index (χ2n) is 20.7. The quantitative estimate of drug-likeness (QED) is 0.0196. The fourth-order valence-electron chi connectivity index (χ4n) is 9.32. The number of carbonyl (C=O) groups is 2. The van der Waals surface area contributed by atoms with E-state index >= 15 is 0 Å². The molecule has 0 spiro atoms. The maximum absolute atomic E-state index is 12.9. The Hall–Kier alpha value is -1.61. The molecule has 6 atom stereocenters. The van der Waals surface area contributed by atoms with E-state index in [9.17, 15) is 37.9 Å². The van der Waals surface area contributed by atoms with Crippen LogP contribution in [0.3, 0.4) is 0 Å². The van der Waals surface area contributed by atoms with Gasteiger partial charge in [-0.1, -0.05) is 244 Å². The highest BCUT2D eigenvalue weighted by molar-refractivity contribution is 7.85. The molecule has 6 unspecified atom stereocenters. The summed E-state index contributed by atoms with van der Waals surface area (Å²) in [6, 6.07) is 0. The summed E-state index contributed by atoms with van der Waals surface area (Å²) in [6.07, 6.45) is 45.4. The summed E-state index contributed by atoms with van der Waals surface area (Å²) in [4.78, 5) is 25.6. The van der Waals surface area contributed by atoms with Crippen LogP contribution in [0.25, 0.3) is 0 Å². The second kappa shape index (κ2) is 47.1. The van der Waals surface area contributed by atoms with Crippen molar-refractivity contribution in [3.63, 3.8) is 0 Å². The first kappa shape index (κ1) is 66.4. The zero-order valence-electron chi connectivity index (χ0n) is 44.9. The molecular formula is C57H108O12S. The van der Waals surface area contributed by atoms with E-state index in [1.165, 1.54) is 205 Å². The lowest BCUT2D eigenvalue weighted by molar-refractivity contribution is -0.297. The molecule has 1 aliphatic heterocycles. The Labute approximate surface area is 428 Å². The van der Waals surface area contributed by atoms with Gasteiger partial charge >= 0.3 is 11.9 Å². The highest BCUT2D eigenvalue weighted by Gasteiger charge is 2.46. The molecule has 13 heteroatoms. The van der Waals surface area contributed by atoms with Gasteiger partial charge in [0.25, 0.3) is 10.1 Å². The van der Waals surface area contributed by atoms with Crippen LogP contribution in [0.15, 0.2) is 12.2 Å². The molecule has 1 heterocycles. The molecule has 0 aromatic rings. The number of esters is 2. The Balaban J connectivity index is 2.29. The molecule has 0 amide bonds. The topological polar surface area (TPSA) is 186 Å². The standard InChI is InChI=1S/C57H108O12S/c1-3-5-7-9-11-13-15-17-19-21-23-25-27-29-31-33-35-37-39-41-43-45-52(58)66-47-50(48-67-57-56(62)55(61)54(60)51(69-57)49-70(63,64)65)68-53(59)46-44-42-40-38-36-34-32-30-28-26-24-22-20-18-16-14-12-10-8-6-4-2/h22,24,50-51,54-57,60-62H,3-21,23,25-49H2,1-2H3,(H,63,64,65)/b24-22-. The van der Waals surface area contributed by atoms with E-state index in [0.29, 0.717) is 12.8 Å². The summed E-state index contributed by atoms with van der Waals surface area (Å²) < 4.78 is 54.4. The van der Waals surface area contributed by atoms with E-state index in [1.54, 1.807) is 0 Å². The minimum Gasteiger partial charge on any atom is -0.462 e. The molecule has 414 valence electrons. The lowest BCUT2D eigenvalue weighted by atomic mass is 10.00. The number of hydrogen-bond donors (Lipinski definition) is 4. The van der Waals surface area contributed by atoms with Crippen molar-refractivity contribution >= 4 is 22.1 Å². The number of carbonyl (C=O) groups excluding carboxylic acids is 2. The van der Waals surface area contributed by atoms with Gasteiger partial charge in [-0.2, -0.15) is 8.42 Å². The SMILES string of the molecule is CCCCCCCCCC/C=C\CCCCCCCCCCCC(=O)OC(COC(=O)CCCCCCCCCCCCCCCCCCCCCCC)COC1OC(CS(=O)(=O)O)C(O)C(O)C1O. The number of ether oxygens (including phenoxy) is 4. The van der Waals surface area contributed by atoms with Gasteiger partial charge in [-0.3, -0.25) is 14.1 Å². The molecule has 1 rings (SSSR count). The van der Waals surface area contributed by atoms with Gasteiger partial charge in [-0.05, 0) is 38.5 Å². The number of allylic oxidation sites excluding steroid dienone is 2. The predicted molar refractivity (Wildman–Crippen MR) is 284 cm³/mol. The number of aliphatic hydroxyl groups excluding tert-OH is 3. The van der Waals surface area contributed by atoms with Gasteiger partial charge in [0, 0.05) is 12.8 Å². The van der Waals surface area contributed by atoms with Crippen molar-refractivity contribution in [3.8, 4) is 0 Å². The molecule has 12 nitrogen and oxygen atoms in total. The smallest absolute Gasteiger partial charge is 0.306 e. The van der Waals surface area contributed by atoms with Crippen molar-refractivity contribution in [2.75, 3.05) is 19.0 Å². The Bertz CT molecular complexity index is 1330. The zero-order chi connectivity index (χ0) is 51.2. The average Bonchev–Trinajstić information content (AvgIpc) is 3.33. The maximum Gasteiger partial charge on any atom is 0.306 e. The van der Waals surface area contributed by atoms with Crippen molar-refractivity contribution < 1.29 is 56.8 Å². The molecule has 1 aliphatic rings. The van der Waals surface area contributed by atoms with Crippen molar-refractivity contribution in [2.24, 2.45) is 0 Å². The Morgan fingerprint density at radius 1 is 0.471 bits per heavy atom. The van der Waals surface area contributed by atoms with Gasteiger partial charge in [0.2, 0.25) is 0 Å². The van der Waals surface area contributed by atoms with Gasteiger partial charge in [-0.25, -0.2) is 0 Å². The normalized spacial score (nSPS) is 19.0. The lowest BCUT2D eigenvalue weighted by Crippen LogP contribution is -2.60. The van der Waals surface area contributed by atoms with Gasteiger partial charge in [-0.15, -0.1) is 0 Å². The first-order valence-electron chi connectivity index (χ1n) is 29.2. The van der Waals surface area contributed by atoms with Crippen molar-refractivity contribution in [1.82, 2.24) is 0 Å². The van der Waals surface area contributed by atoms with Crippen LogP contribution in [0.2, 0.25) is 0 Å². The molecule has 0 aromatic heterocycles. The van der Waals surface area contributed by atoms with E-state index < -0.39 is 71.2 Å². The van der Waals surface area contributed by atoms with Crippen LogP contribution in [0.1, 0.15) is 284 Å². The fraction of sp³-hybridized carbons (Fsp3) is 0.930. The van der Waals surface area contributed by atoms with Crippen molar-refractivity contribution in [2.45, 2.75) is 320 Å². The third-order valence-electron chi connectivity index (χ3n) is 13.8.